The van der Waals surface area contributed by atoms with Gasteiger partial charge in [0.2, 0.25) is 0 Å². The van der Waals surface area contributed by atoms with E-state index >= 15 is 0 Å². The van der Waals surface area contributed by atoms with E-state index in [0.29, 0.717) is 34.3 Å². The van der Waals surface area contributed by atoms with E-state index in [1.807, 2.05) is 6.92 Å². The van der Waals surface area contributed by atoms with Gasteiger partial charge >= 0.3 is 10.1 Å². The minimum Gasteiger partial charge on any atom is -0.493 e. The van der Waals surface area contributed by atoms with Gasteiger partial charge in [0.1, 0.15) is 4.90 Å². The third kappa shape index (κ3) is 7.04. The Kier molecular flexibility index (Phi) is 9.44. The molecular formula is C24H21Cl3N2O6S. The van der Waals surface area contributed by atoms with E-state index in [1.54, 1.807) is 12.1 Å². The first-order valence-corrected chi connectivity index (χ1v) is 13.0. The third-order valence-electron chi connectivity index (χ3n) is 4.58. The number of carbonyl (C=O) groups excluding carboxylic acids is 1. The fourth-order valence-corrected chi connectivity index (χ4v) is 4.63. The summed E-state index contributed by atoms with van der Waals surface area (Å²) in [5, 5.41) is 4.14. The Balaban J connectivity index is 1.71. The lowest BCUT2D eigenvalue weighted by Gasteiger charge is -2.11. The highest BCUT2D eigenvalue weighted by molar-refractivity contribution is 7.87. The molecule has 1 amide bonds. The van der Waals surface area contributed by atoms with E-state index in [9.17, 15) is 13.2 Å². The van der Waals surface area contributed by atoms with E-state index in [-0.39, 0.29) is 20.7 Å². The van der Waals surface area contributed by atoms with Crippen molar-refractivity contribution >= 4 is 57.0 Å². The maximum absolute atomic E-state index is 12.5. The number of methoxy groups -OCH3 is 1. The van der Waals surface area contributed by atoms with Gasteiger partial charge in [-0.1, -0.05) is 41.7 Å². The van der Waals surface area contributed by atoms with Gasteiger partial charge in [-0.3, -0.25) is 4.79 Å². The molecule has 0 radical (unpaired) electrons. The molecule has 0 unspecified atom stereocenters. The molecule has 190 valence electrons. The van der Waals surface area contributed by atoms with Crippen LogP contribution < -0.4 is 19.1 Å². The number of amides is 1. The second-order valence-corrected chi connectivity index (χ2v) is 10.0. The predicted molar refractivity (Wildman–Crippen MR) is 140 cm³/mol. The van der Waals surface area contributed by atoms with Crippen molar-refractivity contribution in [3.63, 3.8) is 0 Å². The molecule has 8 nitrogen and oxygen atoms in total. The normalized spacial score (nSPS) is 11.4. The Bertz CT molecular complexity index is 1360. The number of ether oxygens (including phenoxy) is 2. The van der Waals surface area contributed by atoms with Crippen LogP contribution in [0.15, 0.2) is 64.6 Å². The topological polar surface area (TPSA) is 103 Å². The Morgan fingerprint density at radius 1 is 1.00 bits per heavy atom. The quantitative estimate of drug-likeness (QED) is 0.183. The molecule has 0 aliphatic heterocycles. The van der Waals surface area contributed by atoms with Crippen LogP contribution in [-0.4, -0.2) is 34.3 Å². The molecule has 0 atom stereocenters. The van der Waals surface area contributed by atoms with Crippen LogP contribution >= 0.6 is 34.8 Å². The van der Waals surface area contributed by atoms with E-state index in [1.165, 1.54) is 55.8 Å². The molecule has 0 fully saturated rings. The SMILES string of the molecule is CCCOc1ccc(C(=O)N/N=C/c2cc(Cl)c(OS(=O)(=O)c3ccc(Cl)cc3)c(Cl)c2)cc1OC. The molecule has 12 heteroatoms. The van der Waals surface area contributed by atoms with Crippen LogP contribution in [0.2, 0.25) is 15.1 Å². The lowest BCUT2D eigenvalue weighted by atomic mass is 10.2. The molecule has 3 rings (SSSR count). The van der Waals surface area contributed by atoms with Crippen LogP contribution in [0.25, 0.3) is 0 Å². The maximum atomic E-state index is 12.5. The summed E-state index contributed by atoms with van der Waals surface area (Å²) in [5.41, 5.74) is 3.09. The molecule has 0 aliphatic carbocycles. The first-order valence-electron chi connectivity index (χ1n) is 10.5. The molecule has 3 aromatic carbocycles. The van der Waals surface area contributed by atoms with Gasteiger partial charge in [-0.2, -0.15) is 13.5 Å². The number of halogens is 3. The minimum absolute atomic E-state index is 0.0692. The van der Waals surface area contributed by atoms with Crippen molar-refractivity contribution < 1.29 is 26.9 Å². The van der Waals surface area contributed by atoms with Crippen molar-refractivity contribution in [2.24, 2.45) is 5.10 Å². The van der Waals surface area contributed by atoms with Gasteiger partial charge in [0.25, 0.3) is 5.91 Å². The van der Waals surface area contributed by atoms with E-state index in [2.05, 4.69) is 10.5 Å². The number of hydrogen-bond donors (Lipinski definition) is 1. The van der Waals surface area contributed by atoms with Gasteiger partial charge in [0, 0.05) is 10.6 Å². The second kappa shape index (κ2) is 12.3. The molecule has 3 aromatic rings. The molecule has 0 aromatic heterocycles. The third-order valence-corrected chi connectivity index (χ3v) is 6.63. The average molecular weight is 572 g/mol. The molecule has 36 heavy (non-hydrogen) atoms. The van der Waals surface area contributed by atoms with Gasteiger partial charge in [0.15, 0.2) is 17.2 Å². The number of hydrazone groups is 1. The fraction of sp³-hybridized carbons (Fsp3) is 0.167. The Morgan fingerprint density at radius 2 is 1.67 bits per heavy atom. The van der Waals surface area contributed by atoms with Crippen LogP contribution in [0.5, 0.6) is 17.2 Å². The van der Waals surface area contributed by atoms with Crippen LogP contribution in [0.3, 0.4) is 0 Å². The van der Waals surface area contributed by atoms with Crippen molar-refractivity contribution in [3.05, 3.63) is 80.8 Å². The summed E-state index contributed by atoms with van der Waals surface area (Å²) in [5.74, 6) is 0.219. The highest BCUT2D eigenvalue weighted by atomic mass is 35.5. The van der Waals surface area contributed by atoms with Crippen molar-refractivity contribution in [3.8, 4) is 17.2 Å². The largest absolute Gasteiger partial charge is 0.493 e. The zero-order valence-electron chi connectivity index (χ0n) is 19.1. The molecule has 1 N–H and O–H groups in total. The van der Waals surface area contributed by atoms with Gasteiger partial charge in [-0.15, -0.1) is 0 Å². The molecule has 0 bridgehead atoms. The number of benzene rings is 3. The van der Waals surface area contributed by atoms with Gasteiger partial charge in [0.05, 0.1) is 30.0 Å². The van der Waals surface area contributed by atoms with Gasteiger partial charge in [-0.25, -0.2) is 5.43 Å². The first kappa shape index (κ1) is 27.6. The molecule has 0 saturated heterocycles. The zero-order chi connectivity index (χ0) is 26.3. The molecule has 0 spiro atoms. The molecule has 0 aliphatic rings. The monoisotopic (exact) mass is 570 g/mol. The van der Waals surface area contributed by atoms with Crippen molar-refractivity contribution in [2.45, 2.75) is 18.2 Å². The number of carbonyl (C=O) groups is 1. The van der Waals surface area contributed by atoms with E-state index in [4.69, 9.17) is 48.5 Å². The minimum atomic E-state index is -4.20. The van der Waals surface area contributed by atoms with E-state index in [0.717, 1.165) is 6.42 Å². The van der Waals surface area contributed by atoms with Crippen molar-refractivity contribution in [2.75, 3.05) is 13.7 Å². The summed E-state index contributed by atoms with van der Waals surface area (Å²) in [7, 11) is -2.72. The first-order chi connectivity index (χ1) is 17.1. The predicted octanol–water partition coefficient (Wildman–Crippen LogP) is 5.98. The van der Waals surface area contributed by atoms with Crippen molar-refractivity contribution in [1.82, 2.24) is 5.43 Å². The molecular weight excluding hydrogens is 551 g/mol. The van der Waals surface area contributed by atoms with Crippen LogP contribution in [0, 0.1) is 0 Å². The Hall–Kier alpha value is -2.98. The summed E-state index contributed by atoms with van der Waals surface area (Å²) >= 11 is 18.2. The highest BCUT2D eigenvalue weighted by Crippen LogP contribution is 2.36. The summed E-state index contributed by atoms with van der Waals surface area (Å²) < 4.78 is 41.0. The standard InChI is InChI=1S/C24H21Cl3N2O6S/c1-3-10-34-21-9-4-16(13-22(21)33-2)24(30)29-28-14-15-11-19(26)23(20(27)12-15)35-36(31,32)18-7-5-17(25)6-8-18/h4-9,11-14H,3,10H2,1-2H3,(H,29,30)/b28-14+. The Morgan fingerprint density at radius 3 is 2.28 bits per heavy atom. The molecule has 0 saturated carbocycles. The second-order valence-electron chi connectivity index (χ2n) is 7.22. The van der Waals surface area contributed by atoms with Crippen LogP contribution in [0.4, 0.5) is 0 Å². The lowest BCUT2D eigenvalue weighted by Crippen LogP contribution is -2.17. The van der Waals surface area contributed by atoms with Gasteiger partial charge in [-0.05, 0) is 66.6 Å². The summed E-state index contributed by atoms with van der Waals surface area (Å²) in [6.07, 6.45) is 2.13. The van der Waals surface area contributed by atoms with Crippen LogP contribution in [0.1, 0.15) is 29.3 Å². The number of hydrogen-bond acceptors (Lipinski definition) is 7. The number of rotatable bonds is 10. The lowest BCUT2D eigenvalue weighted by molar-refractivity contribution is 0.0954. The van der Waals surface area contributed by atoms with Crippen LogP contribution in [-0.2, 0) is 10.1 Å². The summed E-state index contributed by atoms with van der Waals surface area (Å²) in [6, 6.07) is 13.0. The van der Waals surface area contributed by atoms with E-state index < -0.39 is 16.0 Å². The van der Waals surface area contributed by atoms with Gasteiger partial charge < -0.3 is 13.7 Å². The average Bonchev–Trinajstić information content (AvgIpc) is 2.85. The highest BCUT2D eigenvalue weighted by Gasteiger charge is 2.21. The summed E-state index contributed by atoms with van der Waals surface area (Å²) in [4.78, 5) is 12.3. The Labute approximate surface area is 223 Å². The fourth-order valence-electron chi connectivity index (χ4n) is 2.86. The summed E-state index contributed by atoms with van der Waals surface area (Å²) in [6.45, 7) is 2.50. The smallest absolute Gasteiger partial charge is 0.339 e. The zero-order valence-corrected chi connectivity index (χ0v) is 22.2. The maximum Gasteiger partial charge on any atom is 0.339 e. The van der Waals surface area contributed by atoms with Crippen molar-refractivity contribution in [1.29, 1.82) is 0 Å². The number of nitrogens with zero attached hydrogens (tertiary/aromatic N) is 1. The molecule has 0 heterocycles. The number of nitrogens with one attached hydrogen (secondary N) is 1.